The quantitative estimate of drug-likeness (QED) is 0.180. The number of aliphatic hydroxyl groups excluding tert-OH is 3. The van der Waals surface area contributed by atoms with E-state index in [1.54, 1.807) is 24.3 Å². The summed E-state index contributed by atoms with van der Waals surface area (Å²) in [7, 11) is 0. The molecule has 1 amide bonds. The smallest absolute Gasteiger partial charge is 0.338 e. The molecule has 3 aromatic carbocycles. The second-order valence-electron chi connectivity index (χ2n) is 10.8. The molecule has 1 aliphatic carbocycles. The van der Waals surface area contributed by atoms with Crippen LogP contribution in [0.5, 0.6) is 5.75 Å². The van der Waals surface area contributed by atoms with Crippen LogP contribution in [0.25, 0.3) is 10.9 Å². The number of fused-ring (bicyclic) bond motifs is 4. The van der Waals surface area contributed by atoms with Crippen molar-refractivity contribution in [3.8, 4) is 5.75 Å². The maximum absolute atomic E-state index is 13.8. The first kappa shape index (κ1) is 29.0. The number of H-pyrrole nitrogens is 1. The molecule has 5 rings (SSSR count). The van der Waals surface area contributed by atoms with Gasteiger partial charge in [0, 0.05) is 34.0 Å². The number of nitrogens with one attached hydrogen (secondary N) is 1. The van der Waals surface area contributed by atoms with Gasteiger partial charge in [0.1, 0.15) is 24.6 Å². The minimum Gasteiger partial charge on any atom is -0.491 e. The number of ether oxygens (including phenoxy) is 2. The zero-order valence-corrected chi connectivity index (χ0v) is 23.2. The Morgan fingerprint density at radius 3 is 2.45 bits per heavy atom. The Balaban J connectivity index is 1.49. The van der Waals surface area contributed by atoms with E-state index < -0.39 is 36.1 Å². The van der Waals surface area contributed by atoms with Crippen molar-refractivity contribution in [1.29, 1.82) is 0 Å². The monoisotopic (exact) mass is 572 g/mol. The molecule has 10 heteroatoms. The molecular weight excluding hydrogens is 540 g/mol. The van der Waals surface area contributed by atoms with Gasteiger partial charge in [0.15, 0.2) is 5.78 Å². The first-order valence-corrected chi connectivity index (χ1v) is 13.5. The topological polar surface area (TPSA) is 172 Å². The van der Waals surface area contributed by atoms with Crippen molar-refractivity contribution in [2.75, 3.05) is 19.8 Å². The number of hydrogen-bond donors (Lipinski definition) is 5. The van der Waals surface area contributed by atoms with E-state index in [0.717, 1.165) is 5.56 Å². The van der Waals surface area contributed by atoms with Crippen molar-refractivity contribution >= 4 is 28.6 Å². The van der Waals surface area contributed by atoms with Gasteiger partial charge in [0.05, 0.1) is 29.9 Å². The first-order valence-electron chi connectivity index (χ1n) is 13.5. The van der Waals surface area contributed by atoms with E-state index in [1.807, 2.05) is 44.2 Å². The molecule has 0 spiro atoms. The molecule has 1 heterocycles. The number of carbonyl (C=O) groups is 3. The molecule has 10 nitrogen and oxygen atoms in total. The summed E-state index contributed by atoms with van der Waals surface area (Å²) in [6.45, 7) is 3.08. The fraction of sp³-hybridized carbons (Fsp3) is 0.281. The highest BCUT2D eigenvalue weighted by molar-refractivity contribution is 6.24. The molecule has 6 N–H and O–H groups in total. The summed E-state index contributed by atoms with van der Waals surface area (Å²) in [5.41, 5.74) is 8.44. The number of aliphatic hydroxyl groups is 3. The minimum atomic E-state index is -1.35. The van der Waals surface area contributed by atoms with Crippen molar-refractivity contribution in [3.63, 3.8) is 0 Å². The number of hydrogen-bond acceptors (Lipinski definition) is 8. The van der Waals surface area contributed by atoms with Crippen LogP contribution < -0.4 is 10.5 Å². The summed E-state index contributed by atoms with van der Waals surface area (Å²) in [6.07, 6.45) is -2.12. The molecule has 0 unspecified atom stereocenters. The van der Waals surface area contributed by atoms with Gasteiger partial charge in [-0.15, -0.1) is 0 Å². The fourth-order valence-corrected chi connectivity index (χ4v) is 5.34. The molecule has 0 aliphatic heterocycles. The highest BCUT2D eigenvalue weighted by atomic mass is 16.5. The second kappa shape index (κ2) is 11.4. The number of primary amides is 1. The number of ketones is 1. The summed E-state index contributed by atoms with van der Waals surface area (Å²) in [5, 5.41) is 28.9. The first-order chi connectivity index (χ1) is 20.0. The molecule has 1 aliphatic rings. The van der Waals surface area contributed by atoms with Gasteiger partial charge in [-0.3, -0.25) is 9.59 Å². The summed E-state index contributed by atoms with van der Waals surface area (Å²) in [5.74, 6) is -1.37. The van der Waals surface area contributed by atoms with Crippen LogP contribution in [-0.2, 0) is 16.6 Å². The second-order valence-corrected chi connectivity index (χ2v) is 10.8. The predicted molar refractivity (Wildman–Crippen MR) is 154 cm³/mol. The Morgan fingerprint density at radius 2 is 1.76 bits per heavy atom. The van der Waals surface area contributed by atoms with E-state index in [-0.39, 0.29) is 30.1 Å². The largest absolute Gasteiger partial charge is 0.491 e. The van der Waals surface area contributed by atoms with E-state index >= 15 is 0 Å². The highest BCUT2D eigenvalue weighted by Gasteiger charge is 2.41. The van der Waals surface area contributed by atoms with Crippen molar-refractivity contribution < 1.29 is 39.2 Å². The lowest BCUT2D eigenvalue weighted by Crippen LogP contribution is -2.34. The summed E-state index contributed by atoms with van der Waals surface area (Å²) >= 11 is 0. The van der Waals surface area contributed by atoms with Gasteiger partial charge in [-0.25, -0.2) is 4.79 Å². The average molecular weight is 573 g/mol. The molecule has 0 bridgehead atoms. The molecule has 0 saturated heterocycles. The van der Waals surface area contributed by atoms with Gasteiger partial charge in [-0.2, -0.15) is 0 Å². The van der Waals surface area contributed by atoms with Crippen LogP contribution in [0.2, 0.25) is 0 Å². The van der Waals surface area contributed by atoms with Crippen molar-refractivity contribution in [1.82, 2.24) is 4.98 Å². The SMILES string of the molecule is CC1(C)c2cc(OC[C@@H](O)[C@H](O)CO)ccc2C(=O)c2c1[nH]c1cc(C(=O)OCCc3ccccc3)cc(C(N)=O)c21. The molecule has 42 heavy (non-hydrogen) atoms. The average Bonchev–Trinajstić information content (AvgIpc) is 3.39. The molecule has 1 aromatic heterocycles. The standard InChI is InChI=1S/C32H32N2O8/c1-32(2)22-14-19(42-16-25(37)24(36)15-35)8-9-20(22)28(38)27-26-21(30(33)39)12-18(13-23(26)34-29(27)32)31(40)41-11-10-17-6-4-3-5-7-17/h3-9,12-14,24-25,34-37H,10-11,15-16H2,1-2H3,(H2,33,39)/t24-,25-/m1/s1. The number of rotatable bonds is 10. The van der Waals surface area contributed by atoms with Gasteiger partial charge >= 0.3 is 5.97 Å². The van der Waals surface area contributed by atoms with Gasteiger partial charge < -0.3 is 35.5 Å². The van der Waals surface area contributed by atoms with Crippen molar-refractivity contribution in [2.45, 2.75) is 37.9 Å². The van der Waals surface area contributed by atoms with Crippen molar-refractivity contribution in [3.05, 3.63) is 99.7 Å². The van der Waals surface area contributed by atoms with Gasteiger partial charge in [0.2, 0.25) is 5.91 Å². The van der Waals surface area contributed by atoms with Crippen LogP contribution in [0, 0.1) is 0 Å². The Bertz CT molecular complexity index is 1680. The van der Waals surface area contributed by atoms with Gasteiger partial charge in [-0.1, -0.05) is 44.2 Å². The third-order valence-corrected chi connectivity index (χ3v) is 7.68. The Kier molecular flexibility index (Phi) is 7.87. The van der Waals surface area contributed by atoms with E-state index in [4.69, 9.17) is 20.3 Å². The number of aromatic nitrogens is 1. The normalized spacial score (nSPS) is 15.0. The zero-order chi connectivity index (χ0) is 30.2. The van der Waals surface area contributed by atoms with E-state index in [0.29, 0.717) is 45.5 Å². The zero-order valence-electron chi connectivity index (χ0n) is 23.2. The summed E-state index contributed by atoms with van der Waals surface area (Å²) in [6, 6.07) is 17.4. The molecule has 0 radical (unpaired) electrons. The highest BCUT2D eigenvalue weighted by Crippen LogP contribution is 2.45. The Hall–Kier alpha value is -4.51. The number of carbonyl (C=O) groups excluding carboxylic acids is 3. The van der Waals surface area contributed by atoms with Crippen LogP contribution in [-0.4, -0.2) is 70.0 Å². The van der Waals surface area contributed by atoms with Gasteiger partial charge in [0.25, 0.3) is 0 Å². The van der Waals surface area contributed by atoms with E-state index in [2.05, 4.69) is 4.98 Å². The lowest BCUT2D eigenvalue weighted by molar-refractivity contribution is -0.0339. The molecule has 0 fully saturated rings. The third-order valence-electron chi connectivity index (χ3n) is 7.68. The summed E-state index contributed by atoms with van der Waals surface area (Å²) in [4.78, 5) is 42.7. The van der Waals surface area contributed by atoms with Crippen LogP contribution in [0.1, 0.15) is 67.3 Å². The lowest BCUT2D eigenvalue weighted by Gasteiger charge is -2.32. The predicted octanol–water partition coefficient (Wildman–Crippen LogP) is 2.63. The van der Waals surface area contributed by atoms with Crippen LogP contribution in [0.3, 0.4) is 0 Å². The number of aromatic amines is 1. The van der Waals surface area contributed by atoms with Crippen LogP contribution in [0.15, 0.2) is 60.7 Å². The Morgan fingerprint density at radius 1 is 1.02 bits per heavy atom. The molecule has 0 saturated carbocycles. The summed E-state index contributed by atoms with van der Waals surface area (Å²) < 4.78 is 11.1. The van der Waals surface area contributed by atoms with Crippen LogP contribution >= 0.6 is 0 Å². The van der Waals surface area contributed by atoms with Gasteiger partial charge in [-0.05, 0) is 41.5 Å². The maximum Gasteiger partial charge on any atom is 0.338 e. The fourth-order valence-electron chi connectivity index (χ4n) is 5.34. The van der Waals surface area contributed by atoms with Crippen molar-refractivity contribution in [2.24, 2.45) is 5.73 Å². The van der Waals surface area contributed by atoms with E-state index in [9.17, 15) is 24.6 Å². The van der Waals surface area contributed by atoms with E-state index in [1.165, 1.54) is 6.07 Å². The number of amides is 1. The Labute approximate surface area is 241 Å². The number of benzene rings is 3. The maximum atomic E-state index is 13.8. The molecular formula is C32H32N2O8. The minimum absolute atomic E-state index is 0.0315. The third kappa shape index (κ3) is 5.27. The molecule has 4 aromatic rings. The molecule has 2 atom stereocenters. The lowest BCUT2D eigenvalue weighted by atomic mass is 9.71. The number of nitrogens with two attached hydrogens (primary N) is 1. The van der Waals surface area contributed by atoms with Crippen LogP contribution in [0.4, 0.5) is 0 Å². The number of esters is 1. The molecule has 218 valence electrons.